The van der Waals surface area contributed by atoms with Crippen molar-refractivity contribution >= 4 is 17.8 Å². The van der Waals surface area contributed by atoms with Crippen molar-refractivity contribution in [1.82, 2.24) is 34.0 Å². The summed E-state index contributed by atoms with van der Waals surface area (Å²) >= 11 is 0. The molecule has 0 bridgehead atoms. The minimum atomic E-state index is -0.645. The van der Waals surface area contributed by atoms with Gasteiger partial charge in [0, 0.05) is 55.8 Å². The van der Waals surface area contributed by atoms with Gasteiger partial charge in [-0.1, -0.05) is 80.4 Å². The Morgan fingerprint density at radius 2 is 1.23 bits per heavy atom. The molecule has 7 rings (SSSR count). The number of imidazole rings is 2. The second-order valence-electron chi connectivity index (χ2n) is 12.5. The predicted octanol–water partition coefficient (Wildman–Crippen LogP) is 7.85. The van der Waals surface area contributed by atoms with Gasteiger partial charge >= 0.3 is 12.1 Å². The van der Waals surface area contributed by atoms with Crippen LogP contribution in [0.4, 0.5) is 15.3 Å². The Hall–Kier alpha value is -5.66. The SMILES string of the molecule is CCN1CCCCC1.CN(C(=O)n1cnc(-c2ccccc2)c1)N1CCCCC1.O=C(Oc1ccc([N+](=O)[O-])cc1)n1cnc(-c2ccccc2)c1. The van der Waals surface area contributed by atoms with E-state index in [1.807, 2.05) is 67.7 Å². The molecule has 2 saturated heterocycles. The van der Waals surface area contributed by atoms with E-state index in [0.29, 0.717) is 5.69 Å². The molecule has 0 N–H and O–H groups in total. The fourth-order valence-corrected chi connectivity index (χ4v) is 5.90. The number of hydrazine groups is 1. The lowest BCUT2D eigenvalue weighted by Gasteiger charge is -2.34. The van der Waals surface area contributed by atoms with Gasteiger partial charge in [-0.25, -0.2) is 29.1 Å². The van der Waals surface area contributed by atoms with Crippen LogP contribution in [0.1, 0.15) is 45.4 Å². The molecule has 0 aliphatic carbocycles. The van der Waals surface area contributed by atoms with Gasteiger partial charge in [-0.05, 0) is 57.5 Å². The maximum absolute atomic E-state index is 12.5. The van der Waals surface area contributed by atoms with Gasteiger partial charge in [0.05, 0.1) is 16.3 Å². The first-order valence-corrected chi connectivity index (χ1v) is 17.7. The first-order chi connectivity index (χ1) is 25.3. The highest BCUT2D eigenvalue weighted by molar-refractivity contribution is 5.77. The Morgan fingerprint density at radius 1 is 0.731 bits per heavy atom. The number of carbonyl (C=O) groups excluding carboxylic acids is 2. The number of non-ortho nitro benzene ring substituents is 1. The van der Waals surface area contributed by atoms with Crippen molar-refractivity contribution in [2.75, 3.05) is 39.8 Å². The summed E-state index contributed by atoms with van der Waals surface area (Å²) in [6.45, 7) is 8.07. The van der Waals surface area contributed by atoms with Crippen LogP contribution in [0.2, 0.25) is 0 Å². The lowest BCUT2D eigenvalue weighted by Crippen LogP contribution is -2.47. The van der Waals surface area contributed by atoms with Crippen LogP contribution in [0.25, 0.3) is 22.5 Å². The normalized spacial score (nSPS) is 14.6. The third kappa shape index (κ3) is 10.7. The molecule has 3 aromatic carbocycles. The molecule has 4 heterocycles. The van der Waals surface area contributed by atoms with Crippen LogP contribution in [-0.2, 0) is 0 Å². The Labute approximate surface area is 304 Å². The molecule has 2 aliphatic rings. The van der Waals surface area contributed by atoms with Crippen LogP contribution >= 0.6 is 0 Å². The zero-order chi connectivity index (χ0) is 36.7. The van der Waals surface area contributed by atoms with Crippen LogP contribution in [0.5, 0.6) is 5.75 Å². The number of piperidine rings is 2. The smallest absolute Gasteiger partial charge is 0.410 e. The number of benzene rings is 3. The van der Waals surface area contributed by atoms with E-state index in [0.717, 1.165) is 42.8 Å². The van der Waals surface area contributed by atoms with Gasteiger partial charge in [0.25, 0.3) is 5.69 Å². The second kappa shape index (κ2) is 19.1. The molecular weight excluding hydrogens is 660 g/mol. The molecule has 5 aromatic rings. The van der Waals surface area contributed by atoms with Crippen molar-refractivity contribution in [3.05, 3.63) is 120 Å². The molecule has 2 fully saturated rings. The molecule has 0 unspecified atom stereocenters. The molecule has 52 heavy (non-hydrogen) atoms. The van der Waals surface area contributed by atoms with E-state index in [1.54, 1.807) is 28.3 Å². The Morgan fingerprint density at radius 3 is 1.73 bits per heavy atom. The molecule has 272 valence electrons. The minimum absolute atomic E-state index is 0.0634. The van der Waals surface area contributed by atoms with Gasteiger partial charge in [-0.2, -0.15) is 0 Å². The molecule has 13 heteroatoms. The van der Waals surface area contributed by atoms with Crippen molar-refractivity contribution in [3.8, 4) is 28.3 Å². The second-order valence-corrected chi connectivity index (χ2v) is 12.5. The number of nitro groups is 1. The minimum Gasteiger partial charge on any atom is -0.410 e. The average molecular weight is 707 g/mol. The van der Waals surface area contributed by atoms with Crippen molar-refractivity contribution in [3.63, 3.8) is 0 Å². The molecule has 13 nitrogen and oxygen atoms in total. The van der Waals surface area contributed by atoms with Gasteiger partial charge in [-0.3, -0.25) is 19.7 Å². The molecule has 0 spiro atoms. The fourth-order valence-electron chi connectivity index (χ4n) is 5.90. The van der Waals surface area contributed by atoms with Gasteiger partial charge < -0.3 is 9.64 Å². The van der Waals surface area contributed by atoms with Crippen molar-refractivity contribution < 1.29 is 19.2 Å². The summed E-state index contributed by atoms with van der Waals surface area (Å²) in [5.74, 6) is 0.218. The van der Waals surface area contributed by atoms with Gasteiger partial charge in [-0.15, -0.1) is 0 Å². The van der Waals surface area contributed by atoms with E-state index in [2.05, 4.69) is 26.8 Å². The number of hydrogen-bond acceptors (Lipinski definition) is 9. The summed E-state index contributed by atoms with van der Waals surface area (Å²) < 4.78 is 7.91. The highest BCUT2D eigenvalue weighted by atomic mass is 16.6. The van der Waals surface area contributed by atoms with Crippen LogP contribution in [-0.4, -0.2) is 90.8 Å². The Kier molecular flexibility index (Phi) is 13.8. The molecular formula is C39H46N8O5. The maximum atomic E-state index is 12.5. The number of rotatable bonds is 6. The predicted molar refractivity (Wildman–Crippen MR) is 200 cm³/mol. The molecule has 0 atom stereocenters. The number of carbonyl (C=O) groups is 2. The lowest BCUT2D eigenvalue weighted by atomic mass is 10.1. The number of nitro benzene ring substituents is 1. The largest absolute Gasteiger partial charge is 0.424 e. The van der Waals surface area contributed by atoms with Gasteiger partial charge in [0.15, 0.2) is 0 Å². The van der Waals surface area contributed by atoms with E-state index in [9.17, 15) is 19.7 Å². The zero-order valence-corrected chi connectivity index (χ0v) is 29.8. The first-order valence-electron chi connectivity index (χ1n) is 17.7. The van der Waals surface area contributed by atoms with Crippen LogP contribution in [0.15, 0.2) is 110 Å². The molecule has 1 amide bonds. The highest BCUT2D eigenvalue weighted by Crippen LogP contribution is 2.20. The van der Waals surface area contributed by atoms with Gasteiger partial charge in [0.2, 0.25) is 0 Å². The Balaban J connectivity index is 0.000000167. The zero-order valence-electron chi connectivity index (χ0n) is 29.8. The summed E-state index contributed by atoms with van der Waals surface area (Å²) in [7, 11) is 1.83. The lowest BCUT2D eigenvalue weighted by molar-refractivity contribution is -0.384. The number of likely N-dealkylation sites (tertiary alicyclic amines) is 1. The van der Waals surface area contributed by atoms with Crippen LogP contribution < -0.4 is 4.74 Å². The first kappa shape index (κ1) is 37.6. The number of nitrogens with zero attached hydrogens (tertiary/aromatic N) is 8. The topological polar surface area (TPSA) is 132 Å². The van der Waals surface area contributed by atoms with E-state index in [4.69, 9.17) is 4.74 Å². The molecule has 0 saturated carbocycles. The number of ether oxygens (including phenoxy) is 1. The standard InChI is InChI=1S/C16H20N4O.C16H11N3O4.C7H15N/c1-18(20-10-6-3-7-11-20)16(21)19-12-15(17-13-19)14-8-4-2-5-9-14;20-16(23-14-8-6-13(7-9-14)19(21)22)18-10-15(17-11-18)12-4-2-1-3-5-12;1-2-8-6-4-3-5-7-8/h2,4-5,8-9,12-13H,3,6-7,10-11H2,1H3;1-11H;2-7H2,1H3. The summed E-state index contributed by atoms with van der Waals surface area (Å²) in [5.41, 5.74) is 3.29. The fraction of sp³-hybridized carbons (Fsp3) is 0.333. The van der Waals surface area contributed by atoms with E-state index in [1.165, 1.54) is 80.5 Å². The quantitative estimate of drug-likeness (QED) is 0.128. The summed E-state index contributed by atoms with van der Waals surface area (Å²) in [6.07, 6.45) is 13.5. The van der Waals surface area contributed by atoms with Crippen LogP contribution in [0.3, 0.4) is 0 Å². The molecule has 2 aromatic heterocycles. The summed E-state index contributed by atoms with van der Waals surface area (Å²) in [6, 6.07) is 24.5. The molecule has 2 aliphatic heterocycles. The summed E-state index contributed by atoms with van der Waals surface area (Å²) in [4.78, 5) is 45.6. The highest BCUT2D eigenvalue weighted by Gasteiger charge is 2.21. The van der Waals surface area contributed by atoms with E-state index >= 15 is 0 Å². The number of hydrogen-bond donors (Lipinski definition) is 0. The average Bonchev–Trinajstić information content (AvgIpc) is 3.91. The monoisotopic (exact) mass is 706 g/mol. The van der Waals surface area contributed by atoms with E-state index in [-0.39, 0.29) is 17.5 Å². The third-order valence-corrected chi connectivity index (χ3v) is 8.92. The van der Waals surface area contributed by atoms with Gasteiger partial charge in [0.1, 0.15) is 18.4 Å². The number of amides is 1. The number of aromatic nitrogens is 4. The Bertz CT molecular complexity index is 1850. The van der Waals surface area contributed by atoms with Crippen molar-refractivity contribution in [2.24, 2.45) is 0 Å². The third-order valence-electron chi connectivity index (χ3n) is 8.92. The van der Waals surface area contributed by atoms with E-state index < -0.39 is 11.0 Å². The van der Waals surface area contributed by atoms with Crippen molar-refractivity contribution in [2.45, 2.75) is 45.4 Å². The maximum Gasteiger partial charge on any atom is 0.424 e. The van der Waals surface area contributed by atoms with Crippen LogP contribution in [0, 0.1) is 10.1 Å². The van der Waals surface area contributed by atoms with Crippen molar-refractivity contribution in [1.29, 1.82) is 0 Å². The summed E-state index contributed by atoms with van der Waals surface area (Å²) in [5, 5.41) is 14.4. The molecule has 0 radical (unpaired) electrons.